The lowest BCUT2D eigenvalue weighted by Crippen LogP contribution is -2.33. The summed E-state index contributed by atoms with van der Waals surface area (Å²) in [5.74, 6) is 0. The molecule has 1 aromatic heterocycles. The number of aryl methyl sites for hydroxylation is 1. The predicted octanol–water partition coefficient (Wildman–Crippen LogP) is 2.24. The fourth-order valence-corrected chi connectivity index (χ4v) is 4.36. The lowest BCUT2D eigenvalue weighted by molar-refractivity contribution is -0.239. The van der Waals surface area contributed by atoms with Gasteiger partial charge in [-0.2, -0.15) is 0 Å². The lowest BCUT2D eigenvalue weighted by atomic mass is 9.87. The maximum absolute atomic E-state index is 12.3. The number of hydrogen-bond acceptors (Lipinski definition) is 7. The normalized spacial score (nSPS) is 25.6. The second-order valence-corrected chi connectivity index (χ2v) is 10.7. The highest BCUT2D eigenvalue weighted by atomic mass is 31.2. The summed E-state index contributed by atoms with van der Waals surface area (Å²) in [7, 11) is -4.59. The molecule has 28 heavy (non-hydrogen) atoms. The van der Waals surface area contributed by atoms with Gasteiger partial charge in [-0.15, -0.1) is 0 Å². The second-order valence-electron chi connectivity index (χ2n) is 9.40. The standard InChI is InChI=1S/C18H31N2O7P/c1-11-10-20(16(22)19-15(11)21)14-8-12(13(25-14)9-17(2,3)4)26-28(23,24)27-18(5,6)7/h10,12-14H,8-9H2,1-7H3,(H,23,24)(H,19,21,22)/p-1. The maximum Gasteiger partial charge on any atom is 0.330 e. The van der Waals surface area contributed by atoms with Gasteiger partial charge in [-0.3, -0.25) is 18.9 Å². The van der Waals surface area contributed by atoms with Gasteiger partial charge in [0.25, 0.3) is 13.4 Å². The minimum Gasteiger partial charge on any atom is -0.756 e. The summed E-state index contributed by atoms with van der Waals surface area (Å²) in [6, 6.07) is 0. The van der Waals surface area contributed by atoms with Gasteiger partial charge in [-0.1, -0.05) is 20.8 Å². The highest BCUT2D eigenvalue weighted by molar-refractivity contribution is 7.45. The molecule has 0 aliphatic carbocycles. The minimum absolute atomic E-state index is 0.131. The average Bonchev–Trinajstić information content (AvgIpc) is 2.79. The number of aromatic nitrogens is 2. The molecule has 4 atom stereocenters. The van der Waals surface area contributed by atoms with Crippen molar-refractivity contribution in [2.45, 2.75) is 85.3 Å². The first kappa shape index (κ1) is 23.0. The molecular formula is C18H30N2O7P-. The topological polar surface area (TPSA) is 123 Å². The maximum atomic E-state index is 12.3. The van der Waals surface area contributed by atoms with Crippen molar-refractivity contribution in [2.24, 2.45) is 5.41 Å². The quantitative estimate of drug-likeness (QED) is 0.729. The van der Waals surface area contributed by atoms with E-state index in [9.17, 15) is 19.0 Å². The Labute approximate surface area is 164 Å². The van der Waals surface area contributed by atoms with Crippen molar-refractivity contribution in [2.75, 3.05) is 0 Å². The summed E-state index contributed by atoms with van der Waals surface area (Å²) in [4.78, 5) is 38.4. The number of phosphoric ester groups is 1. The predicted molar refractivity (Wildman–Crippen MR) is 102 cm³/mol. The number of ether oxygens (including phenoxy) is 1. The Morgan fingerprint density at radius 1 is 1.29 bits per heavy atom. The van der Waals surface area contributed by atoms with E-state index in [1.807, 2.05) is 20.8 Å². The summed E-state index contributed by atoms with van der Waals surface area (Å²) in [6.07, 6.45) is -0.0729. The molecule has 1 N–H and O–H groups in total. The SMILES string of the molecule is Cc1cn(C2CC(OP(=O)([O-])OC(C)(C)C)C(CC(C)(C)C)O2)c(=O)[nH]c1=O. The molecule has 10 heteroatoms. The van der Waals surface area contributed by atoms with Crippen LogP contribution in [0.4, 0.5) is 0 Å². The zero-order valence-electron chi connectivity index (χ0n) is 17.5. The molecule has 2 rings (SSSR count). The van der Waals surface area contributed by atoms with Crippen LogP contribution in [0.25, 0.3) is 0 Å². The molecule has 0 aromatic carbocycles. The van der Waals surface area contributed by atoms with E-state index < -0.39 is 43.1 Å². The van der Waals surface area contributed by atoms with Gasteiger partial charge in [-0.05, 0) is 39.5 Å². The molecule has 1 saturated heterocycles. The van der Waals surface area contributed by atoms with Crippen molar-refractivity contribution in [3.8, 4) is 0 Å². The second kappa shape index (κ2) is 7.88. The largest absolute Gasteiger partial charge is 0.756 e. The monoisotopic (exact) mass is 417 g/mol. The molecule has 0 spiro atoms. The molecular weight excluding hydrogens is 387 g/mol. The van der Waals surface area contributed by atoms with Crippen LogP contribution in [0.1, 0.15) is 66.2 Å². The van der Waals surface area contributed by atoms with Crippen LogP contribution in [0, 0.1) is 12.3 Å². The van der Waals surface area contributed by atoms with Crippen LogP contribution in [0.5, 0.6) is 0 Å². The Bertz CT molecular complexity index is 862. The first-order chi connectivity index (χ1) is 12.6. The molecule has 2 heterocycles. The molecule has 1 aromatic rings. The number of H-pyrrole nitrogens is 1. The molecule has 1 aliphatic rings. The van der Waals surface area contributed by atoms with Gasteiger partial charge in [0.15, 0.2) is 0 Å². The van der Waals surface area contributed by atoms with Crippen molar-refractivity contribution in [1.29, 1.82) is 0 Å². The van der Waals surface area contributed by atoms with Crippen LogP contribution < -0.4 is 16.1 Å². The van der Waals surface area contributed by atoms with Crippen molar-refractivity contribution < 1.29 is 23.2 Å². The number of nitrogens with zero attached hydrogens (tertiary/aromatic N) is 1. The van der Waals surface area contributed by atoms with Gasteiger partial charge >= 0.3 is 5.69 Å². The lowest BCUT2D eigenvalue weighted by Gasteiger charge is -2.34. The highest BCUT2D eigenvalue weighted by Crippen LogP contribution is 2.48. The Balaban J connectivity index is 2.30. The first-order valence-corrected chi connectivity index (χ1v) is 10.7. The molecule has 1 fully saturated rings. The van der Waals surface area contributed by atoms with Crippen LogP contribution in [0.15, 0.2) is 15.8 Å². The summed E-state index contributed by atoms with van der Waals surface area (Å²) in [6.45, 7) is 12.4. The summed E-state index contributed by atoms with van der Waals surface area (Å²) in [5, 5.41) is 0. The smallest absolute Gasteiger partial charge is 0.330 e. The molecule has 0 amide bonds. The van der Waals surface area contributed by atoms with E-state index in [2.05, 4.69) is 4.98 Å². The highest BCUT2D eigenvalue weighted by Gasteiger charge is 2.41. The molecule has 1 aliphatic heterocycles. The number of phosphoric acid groups is 1. The first-order valence-electron chi connectivity index (χ1n) is 9.24. The van der Waals surface area contributed by atoms with Crippen LogP contribution in [-0.4, -0.2) is 27.4 Å². The molecule has 0 saturated carbocycles. The van der Waals surface area contributed by atoms with E-state index in [4.69, 9.17) is 13.8 Å². The van der Waals surface area contributed by atoms with Crippen LogP contribution in [-0.2, 0) is 18.3 Å². The average molecular weight is 417 g/mol. The molecule has 0 radical (unpaired) electrons. The summed E-state index contributed by atoms with van der Waals surface area (Å²) < 4.78 is 30.0. The number of hydrogen-bond donors (Lipinski definition) is 1. The Kier molecular flexibility index (Phi) is 6.48. The van der Waals surface area contributed by atoms with Crippen LogP contribution >= 0.6 is 7.82 Å². The van der Waals surface area contributed by atoms with E-state index in [1.54, 1.807) is 27.7 Å². The van der Waals surface area contributed by atoms with E-state index in [-0.39, 0.29) is 11.8 Å². The third kappa shape index (κ3) is 6.39. The Hall–Kier alpha value is -1.25. The number of aromatic amines is 1. The van der Waals surface area contributed by atoms with E-state index >= 15 is 0 Å². The van der Waals surface area contributed by atoms with E-state index in [0.717, 1.165) is 0 Å². The minimum atomic E-state index is -4.59. The van der Waals surface area contributed by atoms with Gasteiger partial charge in [0.2, 0.25) is 0 Å². The Morgan fingerprint density at radius 2 is 1.89 bits per heavy atom. The molecule has 4 unspecified atom stereocenters. The van der Waals surface area contributed by atoms with Crippen LogP contribution in [0.2, 0.25) is 0 Å². The third-order valence-electron chi connectivity index (χ3n) is 4.10. The third-order valence-corrected chi connectivity index (χ3v) is 5.40. The summed E-state index contributed by atoms with van der Waals surface area (Å²) in [5.41, 5.74) is -1.83. The molecule has 160 valence electrons. The van der Waals surface area contributed by atoms with Crippen molar-refractivity contribution in [1.82, 2.24) is 9.55 Å². The summed E-state index contributed by atoms with van der Waals surface area (Å²) >= 11 is 0. The van der Waals surface area contributed by atoms with Gasteiger partial charge in [0, 0.05) is 18.2 Å². The van der Waals surface area contributed by atoms with Gasteiger partial charge in [0.1, 0.15) is 6.23 Å². The molecule has 0 bridgehead atoms. The zero-order valence-corrected chi connectivity index (χ0v) is 18.4. The van der Waals surface area contributed by atoms with Crippen molar-refractivity contribution in [3.05, 3.63) is 32.6 Å². The number of rotatable bonds is 5. The molecule has 9 nitrogen and oxygen atoms in total. The fraction of sp³-hybridized carbons (Fsp3) is 0.778. The van der Waals surface area contributed by atoms with Gasteiger partial charge in [-0.25, -0.2) is 4.79 Å². The van der Waals surface area contributed by atoms with E-state index in [0.29, 0.717) is 12.0 Å². The van der Waals surface area contributed by atoms with Crippen molar-refractivity contribution in [3.63, 3.8) is 0 Å². The van der Waals surface area contributed by atoms with Crippen molar-refractivity contribution >= 4 is 7.82 Å². The fourth-order valence-electron chi connectivity index (χ4n) is 3.09. The van der Waals surface area contributed by atoms with Gasteiger partial charge in [0.05, 0.1) is 17.8 Å². The van der Waals surface area contributed by atoms with Crippen LogP contribution in [0.3, 0.4) is 0 Å². The van der Waals surface area contributed by atoms with E-state index in [1.165, 1.54) is 10.8 Å². The number of nitrogens with one attached hydrogen (secondary N) is 1. The zero-order chi connectivity index (χ0) is 21.5. The Morgan fingerprint density at radius 3 is 2.43 bits per heavy atom. The van der Waals surface area contributed by atoms with Gasteiger partial charge < -0.3 is 18.7 Å².